The summed E-state index contributed by atoms with van der Waals surface area (Å²) in [5, 5.41) is 9.38. The average Bonchev–Trinajstić information content (AvgIpc) is 3.11. The molecule has 4 aliphatic rings. The number of carbonyl (C=O) groups excluding carboxylic acids is 1. The van der Waals surface area contributed by atoms with E-state index in [4.69, 9.17) is 4.74 Å². The first-order chi connectivity index (χ1) is 11.7. The largest absolute Gasteiger partial charge is 0.396 e. The summed E-state index contributed by atoms with van der Waals surface area (Å²) in [5.74, 6) is 0.853. The number of aliphatic hydroxyl groups excluding tert-OH is 1. The van der Waals surface area contributed by atoms with Crippen LogP contribution in [0.1, 0.15) is 57.8 Å². The second-order valence-corrected chi connectivity index (χ2v) is 8.33. The Hall–Kier alpha value is -0.650. The van der Waals surface area contributed by atoms with E-state index in [1.54, 1.807) is 0 Å². The summed E-state index contributed by atoms with van der Waals surface area (Å²) in [6, 6.07) is 0.651. The van der Waals surface area contributed by atoms with Gasteiger partial charge in [0.05, 0.1) is 6.04 Å². The third kappa shape index (κ3) is 2.89. The third-order valence-electron chi connectivity index (χ3n) is 7.17. The van der Waals surface area contributed by atoms with Crippen LogP contribution in [0.4, 0.5) is 0 Å². The monoisotopic (exact) mass is 336 g/mol. The summed E-state index contributed by atoms with van der Waals surface area (Å²) >= 11 is 0. The minimum atomic E-state index is 0.112. The summed E-state index contributed by atoms with van der Waals surface area (Å²) in [4.78, 5) is 18.0. The summed E-state index contributed by atoms with van der Waals surface area (Å²) < 4.78 is 5.50. The van der Waals surface area contributed by atoms with Crippen molar-refractivity contribution in [2.45, 2.75) is 75.4 Å². The highest BCUT2D eigenvalue weighted by molar-refractivity contribution is 5.84. The van der Waals surface area contributed by atoms with E-state index in [-0.39, 0.29) is 11.6 Å². The minimum absolute atomic E-state index is 0.112. The summed E-state index contributed by atoms with van der Waals surface area (Å²) in [5.41, 5.74) is 0.132. The van der Waals surface area contributed by atoms with Gasteiger partial charge < -0.3 is 14.7 Å². The van der Waals surface area contributed by atoms with Crippen LogP contribution in [0.15, 0.2) is 0 Å². The summed E-state index contributed by atoms with van der Waals surface area (Å²) in [6.07, 6.45) is 9.84. The molecule has 1 saturated carbocycles. The summed E-state index contributed by atoms with van der Waals surface area (Å²) in [7, 11) is 0. The Morgan fingerprint density at radius 3 is 2.42 bits per heavy atom. The van der Waals surface area contributed by atoms with Crippen LogP contribution in [0.5, 0.6) is 0 Å². The fourth-order valence-electron chi connectivity index (χ4n) is 5.49. The molecule has 3 heterocycles. The number of rotatable bonds is 3. The Balaban J connectivity index is 1.41. The fourth-order valence-corrected chi connectivity index (χ4v) is 5.49. The van der Waals surface area contributed by atoms with Gasteiger partial charge in [0.2, 0.25) is 5.91 Å². The Morgan fingerprint density at radius 1 is 1.04 bits per heavy atom. The second-order valence-electron chi connectivity index (χ2n) is 8.33. The maximum Gasteiger partial charge on any atom is 0.240 e. The van der Waals surface area contributed by atoms with Gasteiger partial charge in [0.25, 0.3) is 0 Å². The molecule has 3 aliphatic heterocycles. The Morgan fingerprint density at radius 2 is 1.79 bits per heavy atom. The molecule has 0 aromatic heterocycles. The van der Waals surface area contributed by atoms with E-state index in [1.165, 1.54) is 6.42 Å². The van der Waals surface area contributed by atoms with Crippen LogP contribution in [0.2, 0.25) is 0 Å². The Bertz CT molecular complexity index is 456. The smallest absolute Gasteiger partial charge is 0.240 e. The third-order valence-corrected chi connectivity index (χ3v) is 7.17. The lowest BCUT2D eigenvalue weighted by atomic mass is 9.69. The van der Waals surface area contributed by atoms with E-state index >= 15 is 0 Å². The standard InChI is InChI=1S/C19H32N2O3/c22-14-15-3-7-19(8-4-15)9-11-21(19)18(23)17-2-1-10-20(17)16-5-12-24-13-6-16/h15-17,22H,1-14H2. The highest BCUT2D eigenvalue weighted by Gasteiger charge is 2.51. The predicted octanol–water partition coefficient (Wildman–Crippen LogP) is 1.78. The van der Waals surface area contributed by atoms with Gasteiger partial charge in [-0.05, 0) is 70.3 Å². The van der Waals surface area contributed by atoms with E-state index in [0.29, 0.717) is 24.5 Å². The molecule has 0 aromatic rings. The maximum atomic E-state index is 13.3. The van der Waals surface area contributed by atoms with E-state index in [1.807, 2.05) is 0 Å². The SMILES string of the molecule is O=C(C1CCCN1C1CCOCC1)N1CCC12CCC(CO)CC2. The van der Waals surface area contributed by atoms with Gasteiger partial charge >= 0.3 is 0 Å². The molecular weight excluding hydrogens is 304 g/mol. The molecular formula is C19H32N2O3. The number of nitrogens with zero attached hydrogens (tertiary/aromatic N) is 2. The first kappa shape index (κ1) is 16.8. The molecule has 1 unspecified atom stereocenters. The number of hydrogen-bond donors (Lipinski definition) is 1. The van der Waals surface area contributed by atoms with Crippen molar-refractivity contribution in [1.82, 2.24) is 9.80 Å². The highest BCUT2D eigenvalue weighted by atomic mass is 16.5. The normalized spacial score (nSPS) is 38.5. The van der Waals surface area contributed by atoms with Crippen LogP contribution >= 0.6 is 0 Å². The first-order valence-electron chi connectivity index (χ1n) is 9.99. The van der Waals surface area contributed by atoms with Crippen molar-refractivity contribution >= 4 is 5.91 Å². The molecule has 1 spiro atoms. The quantitative estimate of drug-likeness (QED) is 0.854. The van der Waals surface area contributed by atoms with Crippen molar-refractivity contribution in [3.05, 3.63) is 0 Å². The number of carbonyl (C=O) groups is 1. The van der Waals surface area contributed by atoms with Crippen LogP contribution in [-0.4, -0.2) is 71.3 Å². The van der Waals surface area contributed by atoms with E-state index < -0.39 is 0 Å². The Labute approximate surface area is 145 Å². The fraction of sp³-hybridized carbons (Fsp3) is 0.947. The molecule has 0 bridgehead atoms. The van der Waals surface area contributed by atoms with E-state index in [2.05, 4.69) is 9.80 Å². The van der Waals surface area contributed by atoms with Crippen LogP contribution in [0.3, 0.4) is 0 Å². The highest BCUT2D eigenvalue weighted by Crippen LogP contribution is 2.45. The van der Waals surface area contributed by atoms with Crippen molar-refractivity contribution in [3.8, 4) is 0 Å². The van der Waals surface area contributed by atoms with Gasteiger partial charge in [-0.15, -0.1) is 0 Å². The Kier molecular flexibility index (Phi) is 4.85. The molecule has 1 aliphatic carbocycles. The number of aliphatic hydroxyl groups is 1. The minimum Gasteiger partial charge on any atom is -0.396 e. The molecule has 0 radical (unpaired) electrons. The maximum absolute atomic E-state index is 13.3. The van der Waals surface area contributed by atoms with Gasteiger partial charge in [-0.25, -0.2) is 0 Å². The number of hydrogen-bond acceptors (Lipinski definition) is 4. The van der Waals surface area contributed by atoms with Gasteiger partial charge in [0.15, 0.2) is 0 Å². The number of amides is 1. The number of ether oxygens (including phenoxy) is 1. The second kappa shape index (κ2) is 6.93. The first-order valence-corrected chi connectivity index (χ1v) is 9.99. The zero-order valence-electron chi connectivity index (χ0n) is 14.8. The lowest BCUT2D eigenvalue weighted by Gasteiger charge is -2.57. The molecule has 5 nitrogen and oxygen atoms in total. The van der Waals surface area contributed by atoms with Crippen LogP contribution < -0.4 is 0 Å². The molecule has 1 amide bonds. The molecule has 1 atom stereocenters. The molecule has 24 heavy (non-hydrogen) atoms. The molecule has 5 heteroatoms. The average molecular weight is 336 g/mol. The molecule has 4 fully saturated rings. The number of likely N-dealkylation sites (tertiary alicyclic amines) is 2. The molecule has 4 rings (SSSR count). The van der Waals surface area contributed by atoms with Gasteiger partial charge in [0.1, 0.15) is 0 Å². The van der Waals surface area contributed by atoms with Crippen molar-refractivity contribution in [1.29, 1.82) is 0 Å². The predicted molar refractivity (Wildman–Crippen MR) is 91.7 cm³/mol. The van der Waals surface area contributed by atoms with Crippen LogP contribution in [0.25, 0.3) is 0 Å². The van der Waals surface area contributed by atoms with Crippen LogP contribution in [0, 0.1) is 5.92 Å². The summed E-state index contributed by atoms with van der Waals surface area (Å²) in [6.45, 7) is 4.02. The van der Waals surface area contributed by atoms with Crippen molar-refractivity contribution < 1.29 is 14.6 Å². The van der Waals surface area contributed by atoms with Gasteiger partial charge in [0, 0.05) is 37.9 Å². The van der Waals surface area contributed by atoms with Gasteiger partial charge in [-0.3, -0.25) is 9.69 Å². The molecule has 0 aromatic carbocycles. The molecule has 1 N–H and O–H groups in total. The van der Waals surface area contributed by atoms with Gasteiger partial charge in [-0.2, -0.15) is 0 Å². The lowest BCUT2D eigenvalue weighted by Crippen LogP contribution is -2.66. The van der Waals surface area contributed by atoms with Crippen LogP contribution in [-0.2, 0) is 9.53 Å². The van der Waals surface area contributed by atoms with E-state index in [0.717, 1.165) is 77.7 Å². The zero-order chi connectivity index (χ0) is 16.6. The van der Waals surface area contributed by atoms with Crippen molar-refractivity contribution in [2.75, 3.05) is 32.9 Å². The van der Waals surface area contributed by atoms with Crippen molar-refractivity contribution in [3.63, 3.8) is 0 Å². The van der Waals surface area contributed by atoms with E-state index in [9.17, 15) is 9.90 Å². The lowest BCUT2D eigenvalue weighted by molar-refractivity contribution is -0.158. The van der Waals surface area contributed by atoms with Crippen molar-refractivity contribution in [2.24, 2.45) is 5.92 Å². The molecule has 3 saturated heterocycles. The topological polar surface area (TPSA) is 53.0 Å². The molecule has 136 valence electrons. The zero-order valence-corrected chi connectivity index (χ0v) is 14.8. The van der Waals surface area contributed by atoms with Gasteiger partial charge in [-0.1, -0.05) is 0 Å².